The summed E-state index contributed by atoms with van der Waals surface area (Å²) in [6.07, 6.45) is -1.75. The first-order chi connectivity index (χ1) is 11.3. The molecule has 1 atom stereocenters. The van der Waals surface area contributed by atoms with Crippen molar-refractivity contribution < 1.29 is 17.6 Å². The van der Waals surface area contributed by atoms with Crippen LogP contribution < -0.4 is 10.2 Å². The molecule has 2 aromatic rings. The summed E-state index contributed by atoms with van der Waals surface area (Å²) in [5.74, 6) is -0.200. The highest BCUT2D eigenvalue weighted by Crippen LogP contribution is 2.29. The van der Waals surface area contributed by atoms with Crippen LogP contribution in [-0.4, -0.2) is 39.1 Å². The van der Waals surface area contributed by atoms with Crippen LogP contribution >= 0.6 is 0 Å². The lowest BCUT2D eigenvalue weighted by Crippen LogP contribution is -2.28. The van der Waals surface area contributed by atoms with E-state index in [1.54, 1.807) is 11.8 Å². The Morgan fingerprint density at radius 2 is 1.92 bits per heavy atom. The molecule has 0 amide bonds. The third-order valence-corrected chi connectivity index (χ3v) is 3.74. The Kier molecular flexibility index (Phi) is 4.20. The molecule has 0 aliphatic carbocycles. The van der Waals surface area contributed by atoms with E-state index in [4.69, 9.17) is 0 Å². The molecule has 1 unspecified atom stereocenters. The number of aromatic nitrogens is 4. The second-order valence-electron chi connectivity index (χ2n) is 5.46. The van der Waals surface area contributed by atoms with Gasteiger partial charge in [0, 0.05) is 25.2 Å². The van der Waals surface area contributed by atoms with Gasteiger partial charge in [-0.2, -0.15) is 13.2 Å². The van der Waals surface area contributed by atoms with Crippen LogP contribution in [0.2, 0.25) is 0 Å². The number of nitrogens with zero attached hydrogens (tertiary/aromatic N) is 5. The van der Waals surface area contributed by atoms with Crippen LogP contribution in [0, 0.1) is 12.7 Å². The number of alkyl halides is 3. The molecule has 3 heterocycles. The van der Waals surface area contributed by atoms with Gasteiger partial charge in [0.05, 0.1) is 5.69 Å². The Labute approximate surface area is 135 Å². The maximum atomic E-state index is 14.1. The smallest absolute Gasteiger partial charge is 0.365 e. The molecule has 24 heavy (non-hydrogen) atoms. The Morgan fingerprint density at radius 3 is 2.67 bits per heavy atom. The van der Waals surface area contributed by atoms with Crippen molar-refractivity contribution in [3.8, 4) is 0 Å². The molecular formula is C14H14F4N6. The first-order valence-corrected chi connectivity index (χ1v) is 7.22. The molecule has 128 valence electrons. The van der Waals surface area contributed by atoms with Crippen LogP contribution in [0.3, 0.4) is 0 Å². The highest BCUT2D eigenvalue weighted by Gasteiger charge is 2.33. The van der Waals surface area contributed by atoms with Gasteiger partial charge in [-0.15, -0.1) is 0 Å². The van der Waals surface area contributed by atoms with E-state index in [1.165, 1.54) is 6.33 Å². The van der Waals surface area contributed by atoms with Crippen molar-refractivity contribution in [2.45, 2.75) is 25.6 Å². The largest absolute Gasteiger partial charge is 0.433 e. The molecule has 1 aliphatic rings. The number of nitrogens with one attached hydrogen (secondary N) is 1. The van der Waals surface area contributed by atoms with Gasteiger partial charge in [-0.3, -0.25) is 0 Å². The van der Waals surface area contributed by atoms with Crippen LogP contribution in [0.1, 0.15) is 17.8 Å². The number of hydrogen-bond donors (Lipinski definition) is 1. The van der Waals surface area contributed by atoms with E-state index in [1.807, 2.05) is 0 Å². The van der Waals surface area contributed by atoms with Gasteiger partial charge in [0.15, 0.2) is 11.6 Å². The minimum absolute atomic E-state index is 0.0866. The summed E-state index contributed by atoms with van der Waals surface area (Å²) in [7, 11) is 0. The monoisotopic (exact) mass is 342 g/mol. The zero-order valence-electron chi connectivity index (χ0n) is 12.7. The lowest BCUT2D eigenvalue weighted by Gasteiger charge is -2.19. The summed E-state index contributed by atoms with van der Waals surface area (Å²) < 4.78 is 52.1. The van der Waals surface area contributed by atoms with Gasteiger partial charge < -0.3 is 10.2 Å². The summed E-state index contributed by atoms with van der Waals surface area (Å²) in [5, 5.41) is 2.93. The molecule has 1 N–H and O–H groups in total. The van der Waals surface area contributed by atoms with Crippen LogP contribution in [0.25, 0.3) is 0 Å². The lowest BCUT2D eigenvalue weighted by molar-refractivity contribution is -0.141. The summed E-state index contributed by atoms with van der Waals surface area (Å²) in [6.45, 7) is 2.48. The van der Waals surface area contributed by atoms with Crippen molar-refractivity contribution >= 4 is 11.6 Å². The van der Waals surface area contributed by atoms with E-state index in [0.29, 0.717) is 19.5 Å². The molecule has 10 heteroatoms. The maximum absolute atomic E-state index is 14.1. The zero-order valence-corrected chi connectivity index (χ0v) is 12.7. The van der Waals surface area contributed by atoms with Crippen molar-refractivity contribution in [3.63, 3.8) is 0 Å². The number of hydrogen-bond acceptors (Lipinski definition) is 6. The van der Waals surface area contributed by atoms with Gasteiger partial charge >= 0.3 is 6.18 Å². The minimum Gasteiger partial charge on any atom is -0.365 e. The Hall–Kier alpha value is -2.52. The molecule has 0 bridgehead atoms. The van der Waals surface area contributed by atoms with Crippen molar-refractivity contribution in [1.82, 2.24) is 19.9 Å². The number of halogens is 4. The van der Waals surface area contributed by atoms with Crippen molar-refractivity contribution in [3.05, 3.63) is 35.9 Å². The zero-order chi connectivity index (χ0) is 17.3. The molecule has 0 aromatic carbocycles. The quantitative estimate of drug-likeness (QED) is 0.864. The summed E-state index contributed by atoms with van der Waals surface area (Å²) >= 11 is 0. The van der Waals surface area contributed by atoms with Crippen LogP contribution in [0.15, 0.2) is 18.7 Å². The van der Waals surface area contributed by atoms with E-state index in [9.17, 15) is 17.6 Å². The molecule has 1 aliphatic heterocycles. The normalized spacial score (nSPS) is 18.0. The van der Waals surface area contributed by atoms with Gasteiger partial charge in [0.25, 0.3) is 0 Å². The highest BCUT2D eigenvalue weighted by molar-refractivity contribution is 5.45. The van der Waals surface area contributed by atoms with E-state index in [0.717, 1.165) is 12.4 Å². The fourth-order valence-electron chi connectivity index (χ4n) is 2.54. The van der Waals surface area contributed by atoms with Gasteiger partial charge in [0.2, 0.25) is 0 Å². The molecule has 6 nitrogen and oxygen atoms in total. The average Bonchev–Trinajstić information content (AvgIpc) is 2.98. The minimum atomic E-state index is -4.53. The number of rotatable bonds is 3. The molecular weight excluding hydrogens is 328 g/mol. The maximum Gasteiger partial charge on any atom is 0.433 e. The first-order valence-electron chi connectivity index (χ1n) is 7.22. The molecule has 0 saturated carbocycles. The SMILES string of the molecule is Cc1ncnc(N2CCC(Nc3cc(C(F)(F)F)ncn3)C2)c1F. The first kappa shape index (κ1) is 16.3. The molecule has 1 fully saturated rings. The summed E-state index contributed by atoms with van der Waals surface area (Å²) in [4.78, 5) is 16.5. The van der Waals surface area contributed by atoms with Crippen LogP contribution in [0.5, 0.6) is 0 Å². The predicted molar refractivity (Wildman–Crippen MR) is 78.0 cm³/mol. The van der Waals surface area contributed by atoms with E-state index in [2.05, 4.69) is 25.3 Å². The lowest BCUT2D eigenvalue weighted by atomic mass is 10.2. The Balaban J connectivity index is 1.70. The Bertz CT molecular complexity index is 735. The fraction of sp³-hybridized carbons (Fsp3) is 0.429. The van der Waals surface area contributed by atoms with Crippen molar-refractivity contribution in [2.75, 3.05) is 23.3 Å². The van der Waals surface area contributed by atoms with E-state index < -0.39 is 17.7 Å². The molecule has 3 rings (SSSR count). The average molecular weight is 342 g/mol. The number of aryl methyl sites for hydroxylation is 1. The topological polar surface area (TPSA) is 66.8 Å². The standard InChI is InChI=1S/C14H14F4N6/c1-8-12(15)13(22-6-19-8)24-3-2-9(5-24)23-11-4-10(14(16,17)18)20-7-21-11/h4,6-7,9H,2-3,5H2,1H3,(H,20,21,23). The van der Waals surface area contributed by atoms with E-state index in [-0.39, 0.29) is 23.4 Å². The summed E-state index contributed by atoms with van der Waals surface area (Å²) in [6, 6.07) is 0.689. The van der Waals surface area contributed by atoms with Gasteiger partial charge in [0.1, 0.15) is 24.2 Å². The molecule has 1 saturated heterocycles. The van der Waals surface area contributed by atoms with Gasteiger partial charge in [-0.05, 0) is 13.3 Å². The third kappa shape index (κ3) is 3.36. The van der Waals surface area contributed by atoms with Gasteiger partial charge in [-0.1, -0.05) is 0 Å². The second kappa shape index (κ2) is 6.17. The second-order valence-corrected chi connectivity index (χ2v) is 5.46. The molecule has 0 radical (unpaired) electrons. The van der Waals surface area contributed by atoms with E-state index >= 15 is 0 Å². The third-order valence-electron chi connectivity index (χ3n) is 3.74. The predicted octanol–water partition coefficient (Wildman–Crippen LogP) is 2.42. The highest BCUT2D eigenvalue weighted by atomic mass is 19.4. The van der Waals surface area contributed by atoms with Crippen molar-refractivity contribution in [2.24, 2.45) is 0 Å². The Morgan fingerprint density at radius 1 is 1.17 bits per heavy atom. The molecule has 2 aromatic heterocycles. The van der Waals surface area contributed by atoms with Gasteiger partial charge in [-0.25, -0.2) is 24.3 Å². The summed E-state index contributed by atoms with van der Waals surface area (Å²) in [5.41, 5.74) is -0.755. The molecule has 0 spiro atoms. The van der Waals surface area contributed by atoms with Crippen molar-refractivity contribution in [1.29, 1.82) is 0 Å². The van der Waals surface area contributed by atoms with Crippen LogP contribution in [0.4, 0.5) is 29.2 Å². The van der Waals surface area contributed by atoms with Crippen LogP contribution in [-0.2, 0) is 6.18 Å². The number of anilines is 2. The fourth-order valence-corrected chi connectivity index (χ4v) is 2.54.